The molecular formula is C42H46N4O16. The third kappa shape index (κ3) is 9.96. The molecule has 0 amide bonds. The Morgan fingerprint density at radius 2 is 0.839 bits per heavy atom. The highest BCUT2D eigenvalue weighted by atomic mass is 16.4. The smallest absolute Gasteiger partial charge is 0.307 e. The van der Waals surface area contributed by atoms with Gasteiger partial charge in [0.2, 0.25) is 0 Å². The molecule has 2 aromatic heterocycles. The molecule has 5 rings (SSSR count). The van der Waals surface area contributed by atoms with Gasteiger partial charge in [-0.05, 0) is 97.2 Å². The standard InChI is InChI=1S/C42H46N4O16/c1-41(17-39(59)60)23(5-9-35(51)52)29-14-27-21(11-37(55)56)19(3-7-33(47)48)25(43-27)13-26-20(4-8-34(49)50)22(12-38(57)58)28(44-26)15-31-42(2,18-40(61)62)24(6-10-36(53)54)30(46-31)16-32(41)45-29/h13-16,43-46H,3-12,17-18H2,1-2H3,(H,47,48)(H,49,50)(H,51,52)(H,53,54)(H,55,56)(H,57,58)(H,59,60)(H,61,62)/b25-13-,27-14-,31-15-,32-16-/t41-,42-/m0/s1. The van der Waals surface area contributed by atoms with Crippen molar-refractivity contribution in [1.29, 1.82) is 0 Å². The fourth-order valence-electron chi connectivity index (χ4n) is 8.62. The Bertz CT molecular complexity index is 2550. The van der Waals surface area contributed by atoms with Crippen molar-refractivity contribution >= 4 is 66.0 Å². The minimum atomic E-state index is -1.52. The molecule has 0 fully saturated rings. The van der Waals surface area contributed by atoms with Gasteiger partial charge >= 0.3 is 47.8 Å². The number of aromatic amines is 2. The molecule has 20 nitrogen and oxygen atoms in total. The molecule has 3 aliphatic heterocycles. The lowest BCUT2D eigenvalue weighted by Gasteiger charge is -2.28. The molecule has 0 spiro atoms. The van der Waals surface area contributed by atoms with E-state index in [4.69, 9.17) is 0 Å². The van der Waals surface area contributed by atoms with E-state index in [1.54, 1.807) is 13.8 Å². The lowest BCUT2D eigenvalue weighted by Crippen LogP contribution is -2.26. The van der Waals surface area contributed by atoms with E-state index in [0.29, 0.717) is 0 Å². The summed E-state index contributed by atoms with van der Waals surface area (Å²) in [5.74, 6) is -10.1. The zero-order valence-electron chi connectivity index (χ0n) is 33.6. The summed E-state index contributed by atoms with van der Waals surface area (Å²) in [6.07, 6.45) is 0.568. The second-order valence-corrected chi connectivity index (χ2v) is 15.8. The maximum Gasteiger partial charge on any atom is 0.307 e. The first-order valence-corrected chi connectivity index (χ1v) is 19.4. The number of aromatic nitrogens is 2. The fourth-order valence-corrected chi connectivity index (χ4v) is 8.62. The number of carbonyl (C=O) groups is 8. The van der Waals surface area contributed by atoms with Gasteiger partial charge in [-0.15, -0.1) is 0 Å². The lowest BCUT2D eigenvalue weighted by atomic mass is 9.74. The van der Waals surface area contributed by atoms with Crippen LogP contribution >= 0.6 is 0 Å². The Labute approximate surface area is 351 Å². The van der Waals surface area contributed by atoms with Gasteiger partial charge in [0.1, 0.15) is 0 Å². The Kier molecular flexibility index (Phi) is 13.3. The van der Waals surface area contributed by atoms with Gasteiger partial charge in [0.25, 0.3) is 0 Å². The summed E-state index contributed by atoms with van der Waals surface area (Å²) in [4.78, 5) is 104. The Morgan fingerprint density at radius 3 is 1.31 bits per heavy atom. The van der Waals surface area contributed by atoms with Crippen LogP contribution < -0.4 is 21.3 Å². The van der Waals surface area contributed by atoms with E-state index in [1.165, 1.54) is 24.3 Å². The molecule has 0 aliphatic carbocycles. The maximum absolute atomic E-state index is 12.6. The van der Waals surface area contributed by atoms with Crippen molar-refractivity contribution in [3.63, 3.8) is 0 Å². The second-order valence-electron chi connectivity index (χ2n) is 15.8. The molecule has 0 radical (unpaired) electrons. The number of allylic oxidation sites excluding steroid dienone is 4. The second kappa shape index (κ2) is 18.1. The Balaban J connectivity index is 2.05. The first kappa shape index (κ1) is 45.7. The zero-order valence-corrected chi connectivity index (χ0v) is 33.6. The highest BCUT2D eigenvalue weighted by Gasteiger charge is 2.46. The van der Waals surface area contributed by atoms with Crippen LogP contribution in [0.3, 0.4) is 0 Å². The number of aliphatic carboxylic acids is 8. The highest BCUT2D eigenvalue weighted by molar-refractivity contribution is 5.79. The van der Waals surface area contributed by atoms with E-state index in [-0.39, 0.29) is 104 Å². The largest absolute Gasteiger partial charge is 0.481 e. The minimum Gasteiger partial charge on any atom is -0.481 e. The van der Waals surface area contributed by atoms with Crippen LogP contribution in [-0.2, 0) is 64.0 Å². The number of carboxylic acids is 8. The number of H-pyrrole nitrogens is 2. The van der Waals surface area contributed by atoms with E-state index in [2.05, 4.69) is 20.6 Å². The van der Waals surface area contributed by atoms with Gasteiger partial charge in [0.15, 0.2) is 0 Å². The summed E-state index contributed by atoms with van der Waals surface area (Å²) in [6.45, 7) is 3.09. The molecule has 20 heteroatoms. The summed E-state index contributed by atoms with van der Waals surface area (Å²) in [5.41, 5.74) is -0.882. The quantitative estimate of drug-likeness (QED) is 0.0904. The Hall–Kier alpha value is -7.38. The molecule has 12 N–H and O–H groups in total. The Morgan fingerprint density at radius 1 is 0.435 bits per heavy atom. The van der Waals surface area contributed by atoms with E-state index in [0.717, 1.165) is 0 Å². The highest BCUT2D eigenvalue weighted by Crippen LogP contribution is 2.51. The molecule has 330 valence electrons. The van der Waals surface area contributed by atoms with Crippen molar-refractivity contribution in [3.8, 4) is 0 Å². The van der Waals surface area contributed by atoms with Crippen LogP contribution in [-0.4, -0.2) is 98.6 Å². The SMILES string of the molecule is C[C@]1(CC(=O)O)C(CCC(=O)O)=C2/C=c3\[nH]/c(c(CCC(=O)O)c3CC(=O)O)=C\c3[nH]c(c(CC(=O)O)c3CCC(=O)O)/C=C3\NC(=C(CCC(=O)O)[C@]3(C)CC(=O)O)/C=C/1N2. The molecule has 0 unspecified atom stereocenters. The van der Waals surface area contributed by atoms with Gasteiger partial charge in [-0.1, -0.05) is 0 Å². The number of hydrogen-bond acceptors (Lipinski definition) is 10. The van der Waals surface area contributed by atoms with Gasteiger partial charge in [0, 0.05) is 81.4 Å². The molecule has 5 heterocycles. The number of hydrogen-bond donors (Lipinski definition) is 12. The number of carboxylic acid groups (broad SMARTS) is 8. The average Bonchev–Trinajstić information content (AvgIpc) is 3.77. The van der Waals surface area contributed by atoms with Crippen LogP contribution in [0, 0.1) is 10.8 Å². The van der Waals surface area contributed by atoms with Crippen molar-refractivity contribution in [2.45, 2.75) is 90.9 Å². The van der Waals surface area contributed by atoms with Gasteiger partial charge in [-0.3, -0.25) is 38.4 Å². The molecule has 2 atom stereocenters. The van der Waals surface area contributed by atoms with Crippen LogP contribution in [0.15, 0.2) is 40.0 Å². The van der Waals surface area contributed by atoms with Crippen molar-refractivity contribution in [1.82, 2.24) is 20.6 Å². The van der Waals surface area contributed by atoms with E-state index >= 15 is 0 Å². The molecular weight excluding hydrogens is 816 g/mol. The number of nitrogens with one attached hydrogen (secondary N) is 4. The van der Waals surface area contributed by atoms with Gasteiger partial charge in [0.05, 0.1) is 25.7 Å². The van der Waals surface area contributed by atoms with E-state index < -0.39 is 110 Å². The van der Waals surface area contributed by atoms with E-state index in [1.807, 2.05) is 0 Å². The van der Waals surface area contributed by atoms with Crippen LogP contribution in [0.4, 0.5) is 0 Å². The normalized spacial score (nSPS) is 21.8. The minimum absolute atomic E-state index is 0.0996. The molecule has 8 bridgehead atoms. The molecule has 0 aromatic carbocycles. The first-order chi connectivity index (χ1) is 29.0. The zero-order chi connectivity index (χ0) is 45.8. The van der Waals surface area contributed by atoms with Crippen LogP contribution in [0.1, 0.15) is 98.9 Å². The van der Waals surface area contributed by atoms with Crippen LogP contribution in [0.25, 0.3) is 18.2 Å². The van der Waals surface area contributed by atoms with Crippen molar-refractivity contribution < 1.29 is 79.2 Å². The van der Waals surface area contributed by atoms with Crippen molar-refractivity contribution in [3.05, 3.63) is 84.4 Å². The number of fused-ring (bicyclic) bond motifs is 8. The molecule has 0 saturated carbocycles. The summed E-state index contributed by atoms with van der Waals surface area (Å²) in [5, 5.41) is 86.4. The topological polar surface area (TPSA) is 354 Å². The third-order valence-electron chi connectivity index (χ3n) is 11.5. The van der Waals surface area contributed by atoms with Crippen LogP contribution in [0.5, 0.6) is 0 Å². The summed E-state index contributed by atoms with van der Waals surface area (Å²) >= 11 is 0. The molecule has 62 heavy (non-hydrogen) atoms. The predicted molar refractivity (Wildman–Crippen MR) is 214 cm³/mol. The van der Waals surface area contributed by atoms with Gasteiger partial charge in [-0.2, -0.15) is 0 Å². The van der Waals surface area contributed by atoms with Gasteiger partial charge < -0.3 is 61.5 Å². The average molecular weight is 863 g/mol. The summed E-state index contributed by atoms with van der Waals surface area (Å²) in [7, 11) is 0. The summed E-state index contributed by atoms with van der Waals surface area (Å²) in [6, 6.07) is 0. The summed E-state index contributed by atoms with van der Waals surface area (Å²) < 4.78 is 0. The maximum atomic E-state index is 12.6. The monoisotopic (exact) mass is 862 g/mol. The molecule has 3 aliphatic rings. The van der Waals surface area contributed by atoms with Crippen molar-refractivity contribution in [2.75, 3.05) is 0 Å². The van der Waals surface area contributed by atoms with Crippen molar-refractivity contribution in [2.24, 2.45) is 10.8 Å². The molecule has 2 aromatic rings. The fraction of sp³-hybridized carbons (Fsp3) is 0.381. The third-order valence-corrected chi connectivity index (χ3v) is 11.5. The van der Waals surface area contributed by atoms with Gasteiger partial charge in [-0.25, -0.2) is 0 Å². The molecule has 0 saturated heterocycles. The van der Waals surface area contributed by atoms with Crippen LogP contribution in [0.2, 0.25) is 0 Å². The predicted octanol–water partition coefficient (Wildman–Crippen LogP) is 1.89. The van der Waals surface area contributed by atoms with E-state index in [9.17, 15) is 79.2 Å². The number of rotatable bonds is 20. The first-order valence-electron chi connectivity index (χ1n) is 19.4. The lowest BCUT2D eigenvalue weighted by molar-refractivity contribution is -0.139.